The monoisotopic (exact) mass is 275 g/mol. The van der Waals surface area contributed by atoms with Gasteiger partial charge in [-0.25, -0.2) is 4.98 Å². The quantitative estimate of drug-likeness (QED) is 0.643. The number of rotatable bonds is 4. The Labute approximate surface area is 94.6 Å². The molecule has 1 heterocycles. The summed E-state index contributed by atoms with van der Waals surface area (Å²) in [6.45, 7) is 1.74. The second kappa shape index (κ2) is 5.04. The van der Waals surface area contributed by atoms with Crippen molar-refractivity contribution in [3.63, 3.8) is 0 Å². The zero-order chi connectivity index (χ0) is 11.4. The molecular weight excluding hydrogens is 266 g/mol. The van der Waals surface area contributed by atoms with Gasteiger partial charge in [0.15, 0.2) is 0 Å². The second-order valence-corrected chi connectivity index (χ2v) is 3.86. The highest BCUT2D eigenvalue weighted by molar-refractivity contribution is 9.10. The molecule has 0 saturated heterocycles. The lowest BCUT2D eigenvalue weighted by Gasteiger charge is -2.12. The molecular formula is C8H10BrN3O3. The zero-order valence-electron chi connectivity index (χ0n) is 7.98. The number of nitrogens with zero attached hydrogens (tertiary/aromatic N) is 2. The molecule has 1 atom stereocenters. The molecule has 1 rings (SSSR count). The number of nitro groups is 1. The molecule has 0 aliphatic heterocycles. The molecule has 0 saturated carbocycles. The SMILES string of the molecule is CC(CO)Nc1ncc([N+](=O)[O-])cc1Br. The smallest absolute Gasteiger partial charge is 0.288 e. The van der Waals surface area contributed by atoms with Crippen molar-refractivity contribution in [2.45, 2.75) is 13.0 Å². The van der Waals surface area contributed by atoms with E-state index in [1.165, 1.54) is 6.07 Å². The van der Waals surface area contributed by atoms with Crippen LogP contribution in [0.25, 0.3) is 0 Å². The summed E-state index contributed by atoms with van der Waals surface area (Å²) in [4.78, 5) is 13.8. The van der Waals surface area contributed by atoms with Gasteiger partial charge in [-0.3, -0.25) is 10.1 Å². The molecule has 0 radical (unpaired) electrons. The summed E-state index contributed by atoms with van der Waals surface area (Å²) in [7, 11) is 0. The number of pyridine rings is 1. The van der Waals surface area contributed by atoms with E-state index in [1.807, 2.05) is 0 Å². The molecule has 1 aromatic heterocycles. The fourth-order valence-corrected chi connectivity index (χ4v) is 1.36. The summed E-state index contributed by atoms with van der Waals surface area (Å²) in [6.07, 6.45) is 1.16. The molecule has 0 fully saturated rings. The van der Waals surface area contributed by atoms with Crippen molar-refractivity contribution in [1.82, 2.24) is 4.98 Å². The van der Waals surface area contributed by atoms with E-state index in [2.05, 4.69) is 26.2 Å². The van der Waals surface area contributed by atoms with Crippen LogP contribution in [0.1, 0.15) is 6.92 Å². The maximum Gasteiger partial charge on any atom is 0.288 e. The predicted molar refractivity (Wildman–Crippen MR) is 58.8 cm³/mol. The van der Waals surface area contributed by atoms with Crippen LogP contribution in [0.4, 0.5) is 11.5 Å². The second-order valence-electron chi connectivity index (χ2n) is 3.01. The van der Waals surface area contributed by atoms with Crippen LogP contribution in [0.15, 0.2) is 16.7 Å². The largest absolute Gasteiger partial charge is 0.394 e. The molecule has 0 amide bonds. The first-order valence-electron chi connectivity index (χ1n) is 4.22. The van der Waals surface area contributed by atoms with Crippen LogP contribution in [-0.4, -0.2) is 27.7 Å². The van der Waals surface area contributed by atoms with E-state index < -0.39 is 4.92 Å². The van der Waals surface area contributed by atoms with Crippen LogP contribution >= 0.6 is 15.9 Å². The molecule has 7 heteroatoms. The first-order chi connectivity index (χ1) is 7.04. The summed E-state index contributed by atoms with van der Waals surface area (Å²) in [5, 5.41) is 22.1. The summed E-state index contributed by atoms with van der Waals surface area (Å²) in [5.41, 5.74) is -0.0796. The van der Waals surface area contributed by atoms with E-state index in [0.29, 0.717) is 10.3 Å². The zero-order valence-corrected chi connectivity index (χ0v) is 9.56. The third-order valence-corrected chi connectivity index (χ3v) is 2.30. The number of aliphatic hydroxyl groups is 1. The Morgan fingerprint density at radius 3 is 2.93 bits per heavy atom. The van der Waals surface area contributed by atoms with Crippen LogP contribution < -0.4 is 5.32 Å². The Morgan fingerprint density at radius 1 is 1.80 bits per heavy atom. The molecule has 6 nitrogen and oxygen atoms in total. The van der Waals surface area contributed by atoms with E-state index in [4.69, 9.17) is 5.11 Å². The average Bonchev–Trinajstić information content (AvgIpc) is 2.20. The van der Waals surface area contributed by atoms with Gasteiger partial charge in [-0.05, 0) is 22.9 Å². The highest BCUT2D eigenvalue weighted by Crippen LogP contribution is 2.24. The first-order valence-corrected chi connectivity index (χ1v) is 5.01. The van der Waals surface area contributed by atoms with Gasteiger partial charge in [0.1, 0.15) is 12.0 Å². The maximum atomic E-state index is 10.4. The Balaban J connectivity index is 2.88. The molecule has 0 bridgehead atoms. The van der Waals surface area contributed by atoms with Gasteiger partial charge in [-0.2, -0.15) is 0 Å². The molecule has 1 unspecified atom stereocenters. The Hall–Kier alpha value is -1.21. The lowest BCUT2D eigenvalue weighted by molar-refractivity contribution is -0.385. The number of aromatic nitrogens is 1. The normalized spacial score (nSPS) is 12.2. The van der Waals surface area contributed by atoms with Crippen molar-refractivity contribution in [3.8, 4) is 0 Å². The van der Waals surface area contributed by atoms with Gasteiger partial charge in [-0.1, -0.05) is 0 Å². The fourth-order valence-electron chi connectivity index (χ4n) is 0.913. The van der Waals surface area contributed by atoms with Crippen LogP contribution in [0, 0.1) is 10.1 Å². The van der Waals surface area contributed by atoms with Gasteiger partial charge in [0.2, 0.25) is 0 Å². The van der Waals surface area contributed by atoms with Gasteiger partial charge in [0.05, 0.1) is 16.0 Å². The Morgan fingerprint density at radius 2 is 2.47 bits per heavy atom. The van der Waals surface area contributed by atoms with Crippen molar-refractivity contribution in [2.24, 2.45) is 0 Å². The van der Waals surface area contributed by atoms with Gasteiger partial charge >= 0.3 is 0 Å². The minimum Gasteiger partial charge on any atom is -0.394 e. The highest BCUT2D eigenvalue weighted by Gasteiger charge is 2.11. The predicted octanol–water partition coefficient (Wildman–Crippen LogP) is 1.54. The number of halogens is 1. The molecule has 82 valence electrons. The molecule has 0 spiro atoms. The fraction of sp³-hybridized carbons (Fsp3) is 0.375. The molecule has 0 aliphatic rings. The van der Waals surface area contributed by atoms with E-state index in [-0.39, 0.29) is 18.3 Å². The summed E-state index contributed by atoms with van der Waals surface area (Å²) >= 11 is 3.16. The lowest BCUT2D eigenvalue weighted by atomic mass is 10.3. The molecule has 2 N–H and O–H groups in total. The van der Waals surface area contributed by atoms with E-state index >= 15 is 0 Å². The Kier molecular flexibility index (Phi) is 3.98. The summed E-state index contributed by atoms with van der Waals surface area (Å²) < 4.78 is 0.497. The summed E-state index contributed by atoms with van der Waals surface area (Å²) in [5.74, 6) is 0.474. The third kappa shape index (κ3) is 3.14. The van der Waals surface area contributed by atoms with Crippen molar-refractivity contribution in [3.05, 3.63) is 26.9 Å². The van der Waals surface area contributed by atoms with Crippen LogP contribution in [0.5, 0.6) is 0 Å². The van der Waals surface area contributed by atoms with Gasteiger partial charge in [-0.15, -0.1) is 0 Å². The van der Waals surface area contributed by atoms with Gasteiger partial charge in [0.25, 0.3) is 5.69 Å². The van der Waals surface area contributed by atoms with Crippen LogP contribution in [0.2, 0.25) is 0 Å². The Bertz CT molecular complexity index is 372. The average molecular weight is 276 g/mol. The number of anilines is 1. The van der Waals surface area contributed by atoms with Crippen molar-refractivity contribution in [2.75, 3.05) is 11.9 Å². The van der Waals surface area contributed by atoms with E-state index in [1.54, 1.807) is 6.92 Å². The maximum absolute atomic E-state index is 10.4. The molecule has 0 aliphatic carbocycles. The lowest BCUT2D eigenvalue weighted by Crippen LogP contribution is -2.20. The number of hydrogen-bond donors (Lipinski definition) is 2. The summed E-state index contributed by atoms with van der Waals surface area (Å²) in [6, 6.07) is 1.20. The minimum atomic E-state index is -0.517. The van der Waals surface area contributed by atoms with Crippen LogP contribution in [0.3, 0.4) is 0 Å². The number of aliphatic hydroxyl groups excluding tert-OH is 1. The van der Waals surface area contributed by atoms with Crippen LogP contribution in [-0.2, 0) is 0 Å². The van der Waals surface area contributed by atoms with Gasteiger partial charge in [0, 0.05) is 12.1 Å². The number of nitrogens with one attached hydrogen (secondary N) is 1. The molecule has 1 aromatic rings. The van der Waals surface area contributed by atoms with Crippen molar-refractivity contribution >= 4 is 27.4 Å². The highest BCUT2D eigenvalue weighted by atomic mass is 79.9. The van der Waals surface area contributed by atoms with E-state index in [9.17, 15) is 10.1 Å². The number of hydrogen-bond acceptors (Lipinski definition) is 5. The standard InChI is InChI=1S/C8H10BrN3O3/c1-5(4-13)11-8-7(9)2-6(3-10-8)12(14)15/h2-3,5,13H,4H2,1H3,(H,10,11). The van der Waals surface area contributed by atoms with Crippen molar-refractivity contribution < 1.29 is 10.0 Å². The van der Waals surface area contributed by atoms with E-state index in [0.717, 1.165) is 6.20 Å². The third-order valence-electron chi connectivity index (χ3n) is 1.69. The van der Waals surface area contributed by atoms with Crippen molar-refractivity contribution in [1.29, 1.82) is 0 Å². The first kappa shape index (κ1) is 11.9. The van der Waals surface area contributed by atoms with Gasteiger partial charge < -0.3 is 10.4 Å². The molecule has 0 aromatic carbocycles. The minimum absolute atomic E-state index is 0.0366. The topological polar surface area (TPSA) is 88.3 Å². The molecule has 15 heavy (non-hydrogen) atoms.